The first-order chi connectivity index (χ1) is 9.51. The first-order valence-electron chi connectivity index (χ1n) is 5.96. The Morgan fingerprint density at radius 1 is 1.10 bits per heavy atom. The standard InChI is InChI=1S/C15H12BrNO3/c1-9(16)15(10-2-4-11(18)5-3-10)17-13-8-12(19)6-7-14(13)20-15/h2-8,17-19H,1H2. The zero-order valence-electron chi connectivity index (χ0n) is 10.4. The molecule has 20 heavy (non-hydrogen) atoms. The number of phenolic OH excluding ortho intramolecular Hbond substituents is 2. The van der Waals surface area contributed by atoms with Gasteiger partial charge in [-0.25, -0.2) is 0 Å². The summed E-state index contributed by atoms with van der Waals surface area (Å²) < 4.78 is 6.58. The molecule has 0 amide bonds. The van der Waals surface area contributed by atoms with Crippen molar-refractivity contribution in [3.63, 3.8) is 0 Å². The van der Waals surface area contributed by atoms with Crippen molar-refractivity contribution in [2.24, 2.45) is 0 Å². The molecule has 0 aliphatic carbocycles. The van der Waals surface area contributed by atoms with Crippen LogP contribution in [0.1, 0.15) is 5.56 Å². The fourth-order valence-corrected chi connectivity index (χ4v) is 2.60. The van der Waals surface area contributed by atoms with Gasteiger partial charge in [0, 0.05) is 11.6 Å². The van der Waals surface area contributed by atoms with E-state index >= 15 is 0 Å². The second kappa shape index (κ2) is 4.45. The lowest BCUT2D eigenvalue weighted by Crippen LogP contribution is -2.37. The number of aromatic hydroxyl groups is 2. The van der Waals surface area contributed by atoms with Crippen molar-refractivity contribution >= 4 is 21.6 Å². The van der Waals surface area contributed by atoms with Gasteiger partial charge in [-0.3, -0.25) is 0 Å². The molecule has 2 aromatic rings. The molecule has 1 atom stereocenters. The lowest BCUT2D eigenvalue weighted by Gasteiger charge is -2.29. The molecule has 0 saturated carbocycles. The molecule has 1 heterocycles. The van der Waals surface area contributed by atoms with Gasteiger partial charge in [0.25, 0.3) is 0 Å². The number of phenols is 2. The lowest BCUT2D eigenvalue weighted by atomic mass is 10.0. The molecule has 0 fully saturated rings. The highest BCUT2D eigenvalue weighted by molar-refractivity contribution is 9.11. The quantitative estimate of drug-likeness (QED) is 0.784. The van der Waals surface area contributed by atoms with Crippen LogP contribution in [0.5, 0.6) is 17.2 Å². The molecule has 0 saturated heterocycles. The predicted octanol–water partition coefficient (Wildman–Crippen LogP) is 3.66. The van der Waals surface area contributed by atoms with Gasteiger partial charge in [-0.1, -0.05) is 6.58 Å². The van der Waals surface area contributed by atoms with E-state index in [9.17, 15) is 10.2 Å². The number of hydrogen-bond donors (Lipinski definition) is 3. The summed E-state index contributed by atoms with van der Waals surface area (Å²) in [5.41, 5.74) is 0.496. The fourth-order valence-electron chi connectivity index (χ4n) is 2.19. The lowest BCUT2D eigenvalue weighted by molar-refractivity contribution is 0.170. The van der Waals surface area contributed by atoms with Gasteiger partial charge in [0.05, 0.1) is 10.2 Å². The fraction of sp³-hybridized carbons (Fsp3) is 0.0667. The van der Waals surface area contributed by atoms with Crippen molar-refractivity contribution in [2.75, 3.05) is 5.32 Å². The van der Waals surface area contributed by atoms with Gasteiger partial charge in [0.1, 0.15) is 17.2 Å². The zero-order valence-corrected chi connectivity index (χ0v) is 12.0. The number of hydrogen-bond acceptors (Lipinski definition) is 4. The molecule has 2 aromatic carbocycles. The summed E-state index contributed by atoms with van der Waals surface area (Å²) in [7, 11) is 0. The van der Waals surface area contributed by atoms with Crippen LogP contribution in [0.3, 0.4) is 0 Å². The van der Waals surface area contributed by atoms with Crippen molar-refractivity contribution in [1.29, 1.82) is 0 Å². The maximum atomic E-state index is 9.55. The number of fused-ring (bicyclic) bond motifs is 1. The minimum Gasteiger partial charge on any atom is -0.508 e. The Balaban J connectivity index is 2.09. The zero-order chi connectivity index (χ0) is 14.3. The Hall–Kier alpha value is -2.14. The molecule has 102 valence electrons. The summed E-state index contributed by atoms with van der Waals surface area (Å²) >= 11 is 3.38. The van der Waals surface area contributed by atoms with E-state index in [1.165, 1.54) is 0 Å². The number of nitrogens with one attached hydrogen (secondary N) is 1. The van der Waals surface area contributed by atoms with Gasteiger partial charge < -0.3 is 20.3 Å². The van der Waals surface area contributed by atoms with Crippen LogP contribution >= 0.6 is 15.9 Å². The monoisotopic (exact) mass is 333 g/mol. The van der Waals surface area contributed by atoms with Crippen LogP contribution < -0.4 is 10.1 Å². The minimum atomic E-state index is -0.968. The maximum Gasteiger partial charge on any atom is 0.239 e. The van der Waals surface area contributed by atoms with E-state index in [1.807, 2.05) is 0 Å². The number of benzene rings is 2. The molecule has 4 nitrogen and oxygen atoms in total. The molecule has 0 aromatic heterocycles. The Labute approximate surface area is 124 Å². The molecule has 3 rings (SSSR count). The number of ether oxygens (including phenoxy) is 1. The van der Waals surface area contributed by atoms with Crippen molar-refractivity contribution < 1.29 is 14.9 Å². The second-order valence-corrected chi connectivity index (χ2v) is 5.50. The topological polar surface area (TPSA) is 61.7 Å². The van der Waals surface area contributed by atoms with Crippen molar-refractivity contribution in [1.82, 2.24) is 0 Å². The van der Waals surface area contributed by atoms with E-state index in [2.05, 4.69) is 27.8 Å². The largest absolute Gasteiger partial charge is 0.508 e. The molecule has 1 unspecified atom stereocenters. The van der Waals surface area contributed by atoms with Gasteiger partial charge >= 0.3 is 0 Å². The van der Waals surface area contributed by atoms with Crippen LogP contribution in [-0.4, -0.2) is 10.2 Å². The van der Waals surface area contributed by atoms with E-state index in [0.717, 1.165) is 5.56 Å². The summed E-state index contributed by atoms with van der Waals surface area (Å²) in [4.78, 5) is 0. The van der Waals surface area contributed by atoms with Crippen molar-refractivity contribution in [3.05, 3.63) is 59.1 Å². The highest BCUT2D eigenvalue weighted by atomic mass is 79.9. The van der Waals surface area contributed by atoms with Gasteiger partial charge in [0.15, 0.2) is 0 Å². The van der Waals surface area contributed by atoms with Crippen LogP contribution in [0.15, 0.2) is 53.5 Å². The molecule has 1 aliphatic rings. The Morgan fingerprint density at radius 2 is 1.75 bits per heavy atom. The van der Waals surface area contributed by atoms with Crippen LogP contribution in [-0.2, 0) is 5.72 Å². The van der Waals surface area contributed by atoms with E-state index < -0.39 is 5.72 Å². The Kier molecular flexibility index (Phi) is 2.87. The van der Waals surface area contributed by atoms with Gasteiger partial charge in [-0.15, -0.1) is 0 Å². The first-order valence-corrected chi connectivity index (χ1v) is 6.75. The van der Waals surface area contributed by atoms with E-state index in [0.29, 0.717) is 15.9 Å². The third-order valence-corrected chi connectivity index (χ3v) is 3.75. The molecule has 0 spiro atoms. The molecule has 0 radical (unpaired) electrons. The summed E-state index contributed by atoms with van der Waals surface area (Å²) in [6.45, 7) is 3.92. The van der Waals surface area contributed by atoms with E-state index in [-0.39, 0.29) is 11.5 Å². The smallest absolute Gasteiger partial charge is 0.239 e. The summed E-state index contributed by atoms with van der Waals surface area (Å²) in [6, 6.07) is 11.5. The van der Waals surface area contributed by atoms with Gasteiger partial charge in [-0.2, -0.15) is 0 Å². The first kappa shape index (κ1) is 12.9. The Morgan fingerprint density at radius 3 is 2.40 bits per heavy atom. The Bertz CT molecular complexity index is 684. The van der Waals surface area contributed by atoms with Crippen LogP contribution in [0.4, 0.5) is 5.69 Å². The number of anilines is 1. The molecule has 3 N–H and O–H groups in total. The minimum absolute atomic E-state index is 0.154. The van der Waals surface area contributed by atoms with E-state index in [4.69, 9.17) is 4.74 Å². The van der Waals surface area contributed by atoms with Crippen molar-refractivity contribution in [2.45, 2.75) is 5.72 Å². The molecular formula is C15H12BrNO3. The van der Waals surface area contributed by atoms with Crippen LogP contribution in [0.25, 0.3) is 0 Å². The average molecular weight is 334 g/mol. The highest BCUT2D eigenvalue weighted by Crippen LogP contribution is 2.47. The summed E-state index contributed by atoms with van der Waals surface area (Å²) in [5, 5.41) is 22.2. The van der Waals surface area contributed by atoms with E-state index in [1.54, 1.807) is 42.5 Å². The SMILES string of the molecule is C=C(Br)C1(c2ccc(O)cc2)Nc2cc(O)ccc2O1. The summed E-state index contributed by atoms with van der Waals surface area (Å²) in [6.07, 6.45) is 0. The number of rotatable bonds is 2. The highest BCUT2D eigenvalue weighted by Gasteiger charge is 2.42. The number of halogens is 1. The summed E-state index contributed by atoms with van der Waals surface area (Å²) in [5.74, 6) is 0.954. The van der Waals surface area contributed by atoms with Crippen LogP contribution in [0.2, 0.25) is 0 Å². The average Bonchev–Trinajstić information content (AvgIpc) is 2.79. The van der Waals surface area contributed by atoms with Crippen molar-refractivity contribution in [3.8, 4) is 17.2 Å². The van der Waals surface area contributed by atoms with Gasteiger partial charge in [0.2, 0.25) is 5.72 Å². The van der Waals surface area contributed by atoms with Gasteiger partial charge in [-0.05, 0) is 52.3 Å². The molecule has 1 aliphatic heterocycles. The normalized spacial score (nSPS) is 19.9. The maximum absolute atomic E-state index is 9.55. The third-order valence-electron chi connectivity index (χ3n) is 3.19. The molecule has 5 heteroatoms. The second-order valence-electron chi connectivity index (χ2n) is 4.54. The molecule has 0 bridgehead atoms. The van der Waals surface area contributed by atoms with Crippen LogP contribution in [0, 0.1) is 0 Å². The molecular weight excluding hydrogens is 322 g/mol. The third kappa shape index (κ3) is 1.91. The predicted molar refractivity (Wildman–Crippen MR) is 80.2 cm³/mol.